The molecule has 0 fully saturated rings. The Kier molecular flexibility index (Phi) is 5.77. The molecule has 0 N–H and O–H groups in total. The number of anilines is 1. The maximum Gasteiger partial charge on any atom is 0.274 e. The van der Waals surface area contributed by atoms with Gasteiger partial charge >= 0.3 is 0 Å². The average Bonchev–Trinajstić information content (AvgIpc) is 3.48. The molecule has 3 aromatic rings. The van der Waals surface area contributed by atoms with Crippen molar-refractivity contribution >= 4 is 28.2 Å². The van der Waals surface area contributed by atoms with Crippen LogP contribution in [0.1, 0.15) is 34.1 Å². The largest absolute Gasteiger partial charge is 0.497 e. The zero-order valence-corrected chi connectivity index (χ0v) is 17.9. The summed E-state index contributed by atoms with van der Waals surface area (Å²) in [5.41, 5.74) is 2.55. The van der Waals surface area contributed by atoms with E-state index in [-0.39, 0.29) is 11.9 Å². The van der Waals surface area contributed by atoms with Crippen LogP contribution in [-0.4, -0.2) is 39.2 Å². The van der Waals surface area contributed by atoms with Crippen LogP contribution in [0.2, 0.25) is 0 Å². The highest BCUT2D eigenvalue weighted by Crippen LogP contribution is 2.34. The zero-order valence-electron chi connectivity index (χ0n) is 17.0. The lowest BCUT2D eigenvalue weighted by Gasteiger charge is -2.20. The molecule has 2 aromatic carbocycles. The van der Waals surface area contributed by atoms with Gasteiger partial charge in [0.2, 0.25) is 10.9 Å². The van der Waals surface area contributed by atoms with E-state index < -0.39 is 10.9 Å². The van der Waals surface area contributed by atoms with Crippen LogP contribution in [0.4, 0.5) is 5.69 Å². The lowest BCUT2D eigenvalue weighted by atomic mass is 10.0. The number of amides is 1. The highest BCUT2D eigenvalue weighted by molar-refractivity contribution is 7.74. The predicted octanol–water partition coefficient (Wildman–Crippen LogP) is 3.24. The second-order valence-electron chi connectivity index (χ2n) is 6.97. The first kappa shape index (κ1) is 20.7. The third-order valence-corrected chi connectivity index (χ3v) is 5.87. The second kappa shape index (κ2) is 8.65. The van der Waals surface area contributed by atoms with Crippen LogP contribution in [0.25, 0.3) is 0 Å². The van der Waals surface area contributed by atoms with Gasteiger partial charge in [-0.2, -0.15) is 5.10 Å². The van der Waals surface area contributed by atoms with Crippen molar-refractivity contribution in [2.45, 2.75) is 12.5 Å². The Balaban J connectivity index is 1.65. The van der Waals surface area contributed by atoms with E-state index in [9.17, 15) is 13.2 Å². The Bertz CT molecular complexity index is 1160. The van der Waals surface area contributed by atoms with E-state index in [0.29, 0.717) is 34.9 Å². The highest BCUT2D eigenvalue weighted by atomic mass is 32.2. The monoisotopic (exact) mass is 439 g/mol. The van der Waals surface area contributed by atoms with Crippen molar-refractivity contribution in [1.29, 1.82) is 0 Å². The van der Waals surface area contributed by atoms with Gasteiger partial charge in [0.15, 0.2) is 0 Å². The molecule has 1 atom stereocenters. The summed E-state index contributed by atoms with van der Waals surface area (Å²) in [5.74, 6) is 1.05. The molecule has 0 saturated carbocycles. The maximum atomic E-state index is 13.2. The molecule has 0 spiro atoms. The van der Waals surface area contributed by atoms with Crippen LogP contribution in [0, 0.1) is 0 Å². The molecule has 0 radical (unpaired) electrons. The van der Waals surface area contributed by atoms with Crippen molar-refractivity contribution < 1.29 is 22.4 Å². The third kappa shape index (κ3) is 4.17. The van der Waals surface area contributed by atoms with E-state index in [4.69, 9.17) is 9.15 Å². The van der Waals surface area contributed by atoms with Gasteiger partial charge in [0.25, 0.3) is 5.91 Å². The van der Waals surface area contributed by atoms with E-state index in [1.54, 1.807) is 68.0 Å². The molecule has 8 nitrogen and oxygen atoms in total. The van der Waals surface area contributed by atoms with Crippen molar-refractivity contribution in [2.24, 2.45) is 5.10 Å². The van der Waals surface area contributed by atoms with Crippen molar-refractivity contribution in [1.82, 2.24) is 5.01 Å². The number of ether oxygens (including phenoxy) is 1. The molecule has 1 amide bonds. The lowest BCUT2D eigenvalue weighted by molar-refractivity contribution is 0.0693. The van der Waals surface area contributed by atoms with E-state index in [1.807, 2.05) is 6.07 Å². The molecule has 160 valence electrons. The number of furan rings is 1. The minimum Gasteiger partial charge on any atom is -0.497 e. The fourth-order valence-corrected chi connectivity index (χ4v) is 3.73. The molecule has 4 rings (SSSR count). The second-order valence-corrected chi connectivity index (χ2v) is 8.04. The summed E-state index contributed by atoms with van der Waals surface area (Å²) in [4.78, 5) is 13.2. The molecule has 2 heterocycles. The number of hydrogen-bond acceptors (Lipinski definition) is 6. The Labute approximate surface area is 181 Å². The summed E-state index contributed by atoms with van der Waals surface area (Å²) < 4.78 is 34.3. The fraction of sp³-hybridized carbons (Fsp3) is 0.182. The van der Waals surface area contributed by atoms with Crippen LogP contribution in [0.5, 0.6) is 5.75 Å². The molecule has 1 aliphatic rings. The van der Waals surface area contributed by atoms with Gasteiger partial charge in [-0.3, -0.25) is 9.10 Å². The van der Waals surface area contributed by atoms with Crippen LogP contribution in [0.3, 0.4) is 0 Å². The van der Waals surface area contributed by atoms with Gasteiger partial charge in [0.05, 0.1) is 24.8 Å². The molecule has 0 aliphatic carbocycles. The van der Waals surface area contributed by atoms with E-state index in [1.165, 1.54) is 16.4 Å². The van der Waals surface area contributed by atoms with Crippen LogP contribution >= 0.6 is 0 Å². The summed E-state index contributed by atoms with van der Waals surface area (Å²) in [5, 5.41) is 6.04. The number of hydrazone groups is 1. The molecule has 1 unspecified atom stereocenters. The van der Waals surface area contributed by atoms with Gasteiger partial charge in [-0.25, -0.2) is 13.4 Å². The number of hydrogen-bond donors (Lipinski definition) is 1. The minimum atomic E-state index is -2.71. The number of nitrogens with zero attached hydrogens (tertiary/aromatic N) is 3. The molecular formula is C22H21N3O5S. The summed E-state index contributed by atoms with van der Waals surface area (Å²) in [6.07, 6.45) is 2.04. The quantitative estimate of drug-likeness (QED) is 0.596. The van der Waals surface area contributed by atoms with Crippen LogP contribution < -0.4 is 9.04 Å². The normalized spacial score (nSPS) is 15.8. The molecular weight excluding hydrogens is 418 g/mol. The van der Waals surface area contributed by atoms with Gasteiger partial charge in [-0.1, -0.05) is 12.1 Å². The van der Waals surface area contributed by atoms with E-state index >= 15 is 0 Å². The third-order valence-electron chi connectivity index (χ3n) is 5.15. The first-order valence-corrected chi connectivity index (χ1v) is 10.7. The Hall–Kier alpha value is -3.59. The Morgan fingerprint density at radius 2 is 1.84 bits per heavy atom. The van der Waals surface area contributed by atoms with Crippen molar-refractivity contribution in [3.63, 3.8) is 0 Å². The first-order chi connectivity index (χ1) is 15.0. The number of carbonyl (C=O) groups is 1. The van der Waals surface area contributed by atoms with Gasteiger partial charge < -0.3 is 9.15 Å². The van der Waals surface area contributed by atoms with Gasteiger partial charge in [0, 0.05) is 19.0 Å². The van der Waals surface area contributed by atoms with Crippen LogP contribution in [-0.2, 0) is 10.9 Å². The molecule has 0 bridgehead atoms. The number of rotatable bonds is 6. The summed E-state index contributed by atoms with van der Waals surface area (Å²) >= 11 is 0. The van der Waals surface area contributed by atoms with Crippen molar-refractivity contribution in [3.05, 3.63) is 83.8 Å². The van der Waals surface area contributed by atoms with Crippen LogP contribution in [0.15, 0.2) is 76.4 Å². The smallest absolute Gasteiger partial charge is 0.274 e. The predicted molar refractivity (Wildman–Crippen MR) is 117 cm³/mol. The SMILES string of the molecule is COc1ccc(C(=O)N2N=C(c3ccc(N(C)[SH](=O)=O)cc3)CC2c2ccco2)cc1. The Morgan fingerprint density at radius 3 is 2.42 bits per heavy atom. The summed E-state index contributed by atoms with van der Waals surface area (Å²) in [6.45, 7) is 0. The van der Waals surface area contributed by atoms with Gasteiger partial charge in [-0.05, 0) is 54.1 Å². The molecule has 1 aromatic heterocycles. The molecule has 0 saturated heterocycles. The maximum absolute atomic E-state index is 13.2. The van der Waals surface area contributed by atoms with E-state index in [2.05, 4.69) is 5.10 Å². The average molecular weight is 439 g/mol. The number of benzene rings is 2. The topological polar surface area (TPSA) is 92.4 Å². The van der Waals surface area contributed by atoms with Crippen molar-refractivity contribution in [2.75, 3.05) is 18.5 Å². The first-order valence-electron chi connectivity index (χ1n) is 9.55. The molecule has 1 aliphatic heterocycles. The van der Waals surface area contributed by atoms with Gasteiger partial charge in [-0.15, -0.1) is 0 Å². The summed E-state index contributed by atoms with van der Waals surface area (Å²) in [6, 6.07) is 17.1. The number of thiol groups is 1. The summed E-state index contributed by atoms with van der Waals surface area (Å²) in [7, 11) is 0.344. The van der Waals surface area contributed by atoms with Crippen molar-refractivity contribution in [3.8, 4) is 5.75 Å². The van der Waals surface area contributed by atoms with Gasteiger partial charge in [0.1, 0.15) is 17.6 Å². The standard InChI is InChI=1S/C22H21N3O5S/c1-24(31(27)28)17-9-5-15(6-10-17)19-14-20(21-4-3-13-30-21)25(23-19)22(26)16-7-11-18(29-2)12-8-16/h3-13,20,31H,14H2,1-2H3. The number of methoxy groups -OCH3 is 1. The minimum absolute atomic E-state index is 0.251. The zero-order chi connectivity index (χ0) is 22.0. The van der Waals surface area contributed by atoms with E-state index in [0.717, 1.165) is 5.56 Å². The number of carbonyl (C=O) groups excluding carboxylic acids is 1. The highest BCUT2D eigenvalue weighted by Gasteiger charge is 2.35. The Morgan fingerprint density at radius 1 is 1.13 bits per heavy atom. The molecule has 31 heavy (non-hydrogen) atoms. The molecule has 9 heteroatoms. The lowest BCUT2D eigenvalue weighted by Crippen LogP contribution is -2.26. The fourth-order valence-electron chi connectivity index (χ4n) is 3.40.